The zero-order valence-corrected chi connectivity index (χ0v) is 9.55. The van der Waals surface area contributed by atoms with Gasteiger partial charge in [0.1, 0.15) is 0 Å². The summed E-state index contributed by atoms with van der Waals surface area (Å²) in [4.78, 5) is 14.0. The summed E-state index contributed by atoms with van der Waals surface area (Å²) in [6.45, 7) is 9.00. The van der Waals surface area contributed by atoms with Gasteiger partial charge in [0, 0.05) is 31.6 Å². The summed E-state index contributed by atoms with van der Waals surface area (Å²) in [6.07, 6.45) is 1.93. The third-order valence-corrected chi connectivity index (χ3v) is 3.02. The Morgan fingerprint density at radius 1 is 1.50 bits per heavy atom. The maximum atomic E-state index is 12.0. The summed E-state index contributed by atoms with van der Waals surface area (Å²) in [5, 5.41) is 3.35. The van der Waals surface area contributed by atoms with Gasteiger partial charge in [0.25, 0.3) is 0 Å². The average Bonchev–Trinajstić information content (AvgIpc) is 2.19. The summed E-state index contributed by atoms with van der Waals surface area (Å²) in [7, 11) is 0. The number of rotatable bonds is 3. The van der Waals surface area contributed by atoms with E-state index in [4.69, 9.17) is 0 Å². The van der Waals surface area contributed by atoms with Crippen LogP contribution in [0.1, 0.15) is 33.6 Å². The van der Waals surface area contributed by atoms with Crippen LogP contribution in [0.25, 0.3) is 0 Å². The zero-order valence-electron chi connectivity index (χ0n) is 9.55. The Kier molecular flexibility index (Phi) is 4.39. The Morgan fingerprint density at radius 2 is 2.14 bits per heavy atom. The molecule has 14 heavy (non-hydrogen) atoms. The van der Waals surface area contributed by atoms with Gasteiger partial charge in [0.05, 0.1) is 0 Å². The number of amides is 1. The van der Waals surface area contributed by atoms with Crippen molar-refractivity contribution in [3.63, 3.8) is 0 Å². The Bertz CT molecular complexity index is 190. The molecule has 1 N–H and O–H groups in total. The van der Waals surface area contributed by atoms with Crippen molar-refractivity contribution in [1.29, 1.82) is 0 Å². The van der Waals surface area contributed by atoms with Crippen molar-refractivity contribution in [2.75, 3.05) is 19.6 Å². The van der Waals surface area contributed by atoms with Gasteiger partial charge in [-0.2, -0.15) is 0 Å². The minimum Gasteiger partial charge on any atom is -0.340 e. The van der Waals surface area contributed by atoms with E-state index in [1.807, 2.05) is 4.90 Å². The molecule has 1 atom stereocenters. The highest BCUT2D eigenvalue weighted by Gasteiger charge is 2.24. The minimum absolute atomic E-state index is 0.236. The minimum atomic E-state index is 0.236. The van der Waals surface area contributed by atoms with E-state index in [0.29, 0.717) is 11.9 Å². The molecule has 1 heterocycles. The van der Waals surface area contributed by atoms with E-state index in [9.17, 15) is 4.79 Å². The zero-order chi connectivity index (χ0) is 10.6. The van der Waals surface area contributed by atoms with Crippen LogP contribution in [0.15, 0.2) is 0 Å². The first-order chi connectivity index (χ1) is 6.69. The molecule has 1 aliphatic heterocycles. The molecule has 1 saturated heterocycles. The van der Waals surface area contributed by atoms with E-state index in [2.05, 4.69) is 26.1 Å². The lowest BCUT2D eigenvalue weighted by Crippen LogP contribution is -2.52. The van der Waals surface area contributed by atoms with Gasteiger partial charge in [-0.25, -0.2) is 0 Å². The second kappa shape index (κ2) is 5.35. The van der Waals surface area contributed by atoms with Crippen molar-refractivity contribution in [2.24, 2.45) is 5.92 Å². The summed E-state index contributed by atoms with van der Waals surface area (Å²) in [6, 6.07) is 0.446. The number of hydrogen-bond acceptors (Lipinski definition) is 2. The van der Waals surface area contributed by atoms with Crippen LogP contribution in [0.3, 0.4) is 0 Å². The Balaban J connectivity index is 2.50. The van der Waals surface area contributed by atoms with Gasteiger partial charge in [-0.15, -0.1) is 0 Å². The Morgan fingerprint density at radius 3 is 2.64 bits per heavy atom. The van der Waals surface area contributed by atoms with Gasteiger partial charge in [0.2, 0.25) is 5.91 Å². The number of nitrogens with zero attached hydrogens (tertiary/aromatic N) is 1. The highest BCUT2D eigenvalue weighted by atomic mass is 16.2. The van der Waals surface area contributed by atoms with Crippen molar-refractivity contribution in [3.8, 4) is 0 Å². The van der Waals surface area contributed by atoms with Gasteiger partial charge in [-0.3, -0.25) is 4.79 Å². The second-order valence-electron chi connectivity index (χ2n) is 4.15. The lowest BCUT2D eigenvalue weighted by molar-refractivity contribution is -0.136. The second-order valence-corrected chi connectivity index (χ2v) is 4.15. The normalized spacial score (nSPS) is 22.9. The average molecular weight is 198 g/mol. The summed E-state index contributed by atoms with van der Waals surface area (Å²) in [5.41, 5.74) is 0. The smallest absolute Gasteiger partial charge is 0.225 e. The van der Waals surface area contributed by atoms with Gasteiger partial charge in [-0.05, 0) is 19.8 Å². The molecule has 1 fully saturated rings. The molecule has 0 saturated carbocycles. The van der Waals surface area contributed by atoms with E-state index in [-0.39, 0.29) is 5.92 Å². The topological polar surface area (TPSA) is 32.3 Å². The SMILES string of the molecule is CCC(CC)C(=O)N1CCNC(C)C1. The molecule has 0 aromatic carbocycles. The quantitative estimate of drug-likeness (QED) is 0.740. The van der Waals surface area contributed by atoms with Crippen molar-refractivity contribution in [2.45, 2.75) is 39.7 Å². The highest BCUT2D eigenvalue weighted by Crippen LogP contribution is 2.13. The molecule has 0 spiro atoms. The Labute approximate surface area is 86.9 Å². The summed E-state index contributed by atoms with van der Waals surface area (Å²) >= 11 is 0. The third-order valence-electron chi connectivity index (χ3n) is 3.02. The summed E-state index contributed by atoms with van der Waals surface area (Å²) < 4.78 is 0. The molecule has 3 heteroatoms. The fourth-order valence-corrected chi connectivity index (χ4v) is 2.03. The van der Waals surface area contributed by atoms with Gasteiger partial charge in [0.15, 0.2) is 0 Å². The van der Waals surface area contributed by atoms with Crippen molar-refractivity contribution < 1.29 is 4.79 Å². The predicted molar refractivity (Wildman–Crippen MR) is 58.1 cm³/mol. The number of piperazine rings is 1. The molecule has 1 amide bonds. The molecule has 0 aromatic rings. The maximum Gasteiger partial charge on any atom is 0.225 e. The van der Waals surface area contributed by atoms with Crippen LogP contribution >= 0.6 is 0 Å². The van der Waals surface area contributed by atoms with Crippen LogP contribution in [0.2, 0.25) is 0 Å². The van der Waals surface area contributed by atoms with E-state index < -0.39 is 0 Å². The van der Waals surface area contributed by atoms with E-state index >= 15 is 0 Å². The van der Waals surface area contributed by atoms with Gasteiger partial charge in [-0.1, -0.05) is 13.8 Å². The van der Waals surface area contributed by atoms with Crippen LogP contribution in [0.5, 0.6) is 0 Å². The van der Waals surface area contributed by atoms with Crippen LogP contribution in [0, 0.1) is 5.92 Å². The molecule has 0 aromatic heterocycles. The molecular weight excluding hydrogens is 176 g/mol. The van der Waals surface area contributed by atoms with Crippen molar-refractivity contribution >= 4 is 5.91 Å². The number of nitrogens with one attached hydrogen (secondary N) is 1. The van der Waals surface area contributed by atoms with Crippen LogP contribution < -0.4 is 5.32 Å². The van der Waals surface area contributed by atoms with E-state index in [0.717, 1.165) is 32.5 Å². The van der Waals surface area contributed by atoms with Crippen LogP contribution in [-0.4, -0.2) is 36.5 Å². The van der Waals surface area contributed by atoms with E-state index in [1.54, 1.807) is 0 Å². The Hall–Kier alpha value is -0.570. The summed E-state index contributed by atoms with van der Waals surface area (Å²) in [5.74, 6) is 0.587. The van der Waals surface area contributed by atoms with Crippen molar-refractivity contribution in [3.05, 3.63) is 0 Å². The first-order valence-corrected chi connectivity index (χ1v) is 5.71. The molecule has 1 rings (SSSR count). The standard InChI is InChI=1S/C11H22N2O/c1-4-10(5-2)11(14)13-7-6-12-9(3)8-13/h9-10,12H,4-8H2,1-3H3. The van der Waals surface area contributed by atoms with Crippen molar-refractivity contribution in [1.82, 2.24) is 10.2 Å². The van der Waals surface area contributed by atoms with E-state index in [1.165, 1.54) is 0 Å². The molecule has 0 aliphatic carbocycles. The highest BCUT2D eigenvalue weighted by molar-refractivity contribution is 5.78. The van der Waals surface area contributed by atoms with Crippen LogP contribution in [0.4, 0.5) is 0 Å². The number of carbonyl (C=O) groups is 1. The maximum absolute atomic E-state index is 12.0. The molecule has 1 aliphatic rings. The predicted octanol–water partition coefficient (Wildman–Crippen LogP) is 1.24. The van der Waals surface area contributed by atoms with Crippen LogP contribution in [-0.2, 0) is 4.79 Å². The first kappa shape index (κ1) is 11.5. The lowest BCUT2D eigenvalue weighted by atomic mass is 10.0. The molecular formula is C11H22N2O. The number of carbonyl (C=O) groups excluding carboxylic acids is 1. The molecule has 3 nitrogen and oxygen atoms in total. The molecule has 0 radical (unpaired) electrons. The molecule has 1 unspecified atom stereocenters. The molecule has 0 bridgehead atoms. The monoisotopic (exact) mass is 198 g/mol. The fraction of sp³-hybridized carbons (Fsp3) is 0.909. The van der Waals surface area contributed by atoms with Gasteiger partial charge < -0.3 is 10.2 Å². The lowest BCUT2D eigenvalue weighted by Gasteiger charge is -2.34. The first-order valence-electron chi connectivity index (χ1n) is 5.71. The molecule has 82 valence electrons. The third kappa shape index (κ3) is 2.71. The van der Waals surface area contributed by atoms with Gasteiger partial charge >= 0.3 is 0 Å². The number of hydrogen-bond donors (Lipinski definition) is 1. The fourth-order valence-electron chi connectivity index (χ4n) is 2.03. The largest absolute Gasteiger partial charge is 0.340 e.